The third-order valence-corrected chi connectivity index (χ3v) is 9.45. The van der Waals surface area contributed by atoms with Crippen molar-refractivity contribution in [3.63, 3.8) is 0 Å². The Hall–Kier alpha value is -3.96. The van der Waals surface area contributed by atoms with Crippen molar-refractivity contribution in [3.05, 3.63) is 89.1 Å². The Kier molecular flexibility index (Phi) is 11.8. The molecule has 1 aromatic heterocycles. The van der Waals surface area contributed by atoms with Gasteiger partial charge in [-0.15, -0.1) is 16.9 Å². The van der Waals surface area contributed by atoms with Crippen molar-refractivity contribution >= 4 is 59.3 Å². The average molecular weight is 671 g/mol. The minimum absolute atomic E-state index is 0. The van der Waals surface area contributed by atoms with Crippen LogP contribution in [-0.4, -0.2) is 89.7 Å². The third kappa shape index (κ3) is 7.70. The van der Waals surface area contributed by atoms with E-state index in [1.807, 2.05) is 18.2 Å². The molecule has 232 valence electrons. The number of likely N-dealkylation sites (N-methyl/N-ethyl adjacent to an activating group) is 1. The van der Waals surface area contributed by atoms with Gasteiger partial charge in [0.15, 0.2) is 0 Å². The number of tetrazole rings is 1. The van der Waals surface area contributed by atoms with Crippen LogP contribution in [0.15, 0.2) is 83.2 Å². The SMILES string of the molecule is CN(C(=O)C=Cc1ccccc1)C(=O)NC(C(=O)NC1C(=O)N2C(C(=O)[O-])=C(CSc3nnnn3C)CS[C@@H]12)c1ccccc1.[Na+]. The van der Waals surface area contributed by atoms with Gasteiger partial charge in [-0.25, -0.2) is 9.48 Å². The first-order valence-electron chi connectivity index (χ1n) is 13.6. The van der Waals surface area contributed by atoms with Gasteiger partial charge in [-0.2, -0.15) is 0 Å². The van der Waals surface area contributed by atoms with E-state index in [4.69, 9.17) is 0 Å². The largest absolute Gasteiger partial charge is 1.00 e. The van der Waals surface area contributed by atoms with Gasteiger partial charge in [0.1, 0.15) is 17.5 Å². The summed E-state index contributed by atoms with van der Waals surface area (Å²) in [7, 11) is 2.93. The van der Waals surface area contributed by atoms with Crippen LogP contribution in [0.4, 0.5) is 4.79 Å². The molecule has 2 aliphatic heterocycles. The number of fused-ring (bicyclic) bond motifs is 1. The first-order chi connectivity index (χ1) is 21.7. The van der Waals surface area contributed by atoms with Crippen molar-refractivity contribution in [1.82, 2.24) is 40.6 Å². The van der Waals surface area contributed by atoms with Crippen LogP contribution < -0.4 is 45.3 Å². The molecule has 1 saturated heterocycles. The number of carbonyl (C=O) groups is 5. The summed E-state index contributed by atoms with van der Waals surface area (Å²) in [6.07, 6.45) is 2.81. The molecule has 3 aromatic rings. The monoisotopic (exact) mass is 670 g/mol. The van der Waals surface area contributed by atoms with E-state index in [2.05, 4.69) is 26.2 Å². The van der Waals surface area contributed by atoms with Crippen molar-refractivity contribution in [1.29, 1.82) is 0 Å². The fraction of sp³-hybridized carbons (Fsp3) is 0.241. The van der Waals surface area contributed by atoms with Crippen LogP contribution in [0.5, 0.6) is 0 Å². The molecular formula is C29H27N8NaO6S2. The number of nitrogens with one attached hydrogen (secondary N) is 2. The molecule has 0 aliphatic carbocycles. The number of carboxylic acid groups (broad SMARTS) is 1. The zero-order valence-electron chi connectivity index (χ0n) is 25.0. The van der Waals surface area contributed by atoms with E-state index in [0.717, 1.165) is 15.4 Å². The molecule has 3 heterocycles. The van der Waals surface area contributed by atoms with E-state index in [9.17, 15) is 29.1 Å². The van der Waals surface area contributed by atoms with Crippen molar-refractivity contribution in [2.75, 3.05) is 18.6 Å². The van der Waals surface area contributed by atoms with E-state index < -0.39 is 47.2 Å². The minimum atomic E-state index is -1.51. The number of carboxylic acids is 1. The van der Waals surface area contributed by atoms with Gasteiger partial charge in [0.05, 0.1) is 11.7 Å². The fourth-order valence-corrected chi connectivity index (χ4v) is 6.96. The number of aliphatic carboxylic acids is 1. The average Bonchev–Trinajstić information content (AvgIpc) is 3.47. The Bertz CT molecular complexity index is 1690. The standard InChI is InChI=1S/C29H28N8O6S2.Na/c1-35(20(38)14-13-17-9-5-3-6-10-17)28(43)31-21(18-11-7-4-8-12-18)24(39)30-22-25(40)37-23(27(41)42)19(15-44-26(22)37)16-45-29-32-33-34-36(29)2;/h3-14,21-22,26H,15-16H2,1-2H3,(H,30,39)(H,31,43)(H,41,42);/q;+1/p-1/t21?,22?,26-;/m0./s1. The fourth-order valence-electron chi connectivity index (χ4n) is 4.62. The third-order valence-electron chi connectivity index (χ3n) is 7.01. The number of nitrogens with zero attached hydrogens (tertiary/aromatic N) is 6. The summed E-state index contributed by atoms with van der Waals surface area (Å²) in [6, 6.07) is 14.3. The summed E-state index contributed by atoms with van der Waals surface area (Å²) >= 11 is 2.51. The molecule has 3 atom stereocenters. The van der Waals surface area contributed by atoms with Crippen LogP contribution in [0, 0.1) is 0 Å². The van der Waals surface area contributed by atoms with E-state index in [1.54, 1.807) is 55.6 Å². The molecule has 17 heteroatoms. The molecule has 2 N–H and O–H groups in total. The zero-order valence-corrected chi connectivity index (χ0v) is 28.7. The van der Waals surface area contributed by atoms with Crippen molar-refractivity contribution in [3.8, 4) is 0 Å². The van der Waals surface area contributed by atoms with Gasteiger partial charge in [-0.3, -0.25) is 24.2 Å². The van der Waals surface area contributed by atoms with Crippen LogP contribution in [0.1, 0.15) is 17.2 Å². The normalized spacial score (nSPS) is 17.8. The molecule has 5 amide bonds. The molecule has 0 bridgehead atoms. The first-order valence-corrected chi connectivity index (χ1v) is 15.6. The molecule has 14 nitrogen and oxygen atoms in total. The number of carbonyl (C=O) groups excluding carboxylic acids is 5. The second-order valence-electron chi connectivity index (χ2n) is 9.94. The number of hydrogen-bond acceptors (Lipinski definition) is 11. The van der Waals surface area contributed by atoms with Crippen LogP contribution in [0.2, 0.25) is 0 Å². The molecule has 0 spiro atoms. The van der Waals surface area contributed by atoms with E-state index in [1.165, 1.54) is 41.3 Å². The predicted molar refractivity (Wildman–Crippen MR) is 163 cm³/mol. The first kappa shape index (κ1) is 34.9. The smallest absolute Gasteiger partial charge is 0.543 e. The van der Waals surface area contributed by atoms with Crippen LogP contribution in [0.3, 0.4) is 0 Å². The predicted octanol–water partition coefficient (Wildman–Crippen LogP) is -2.67. The Morgan fingerprint density at radius 2 is 1.80 bits per heavy atom. The summed E-state index contributed by atoms with van der Waals surface area (Å²) in [5.41, 5.74) is 1.41. The number of hydrogen-bond donors (Lipinski definition) is 2. The topological polar surface area (TPSA) is 183 Å². The van der Waals surface area contributed by atoms with Crippen LogP contribution >= 0.6 is 23.5 Å². The number of rotatable bonds is 10. The number of thioether (sulfide) groups is 2. The summed E-state index contributed by atoms with van der Waals surface area (Å²) in [5.74, 6) is -2.97. The van der Waals surface area contributed by atoms with Gasteiger partial charge in [-0.1, -0.05) is 72.4 Å². The van der Waals surface area contributed by atoms with Crippen molar-refractivity contribution in [2.24, 2.45) is 7.05 Å². The Morgan fingerprint density at radius 1 is 1.13 bits per heavy atom. The molecule has 5 rings (SSSR count). The summed E-state index contributed by atoms with van der Waals surface area (Å²) in [6.45, 7) is 0. The van der Waals surface area contributed by atoms with Gasteiger partial charge >= 0.3 is 35.6 Å². The maximum absolute atomic E-state index is 13.6. The molecule has 0 saturated carbocycles. The molecule has 2 aliphatic rings. The second-order valence-corrected chi connectivity index (χ2v) is 12.0. The van der Waals surface area contributed by atoms with Gasteiger partial charge < -0.3 is 20.5 Å². The molecule has 2 unspecified atom stereocenters. The molecule has 1 fully saturated rings. The number of amides is 5. The number of aromatic nitrogens is 4. The quantitative estimate of drug-likeness (QED) is 0.0994. The molecule has 0 radical (unpaired) electrons. The maximum atomic E-state index is 13.6. The summed E-state index contributed by atoms with van der Waals surface area (Å²) < 4.78 is 1.44. The van der Waals surface area contributed by atoms with E-state index in [0.29, 0.717) is 16.3 Å². The van der Waals surface area contributed by atoms with Crippen LogP contribution in [-0.2, 0) is 26.2 Å². The number of β-lactam (4-membered cyclic amide) rings is 1. The molecular weight excluding hydrogens is 643 g/mol. The Morgan fingerprint density at radius 3 is 2.43 bits per heavy atom. The van der Waals surface area contributed by atoms with E-state index >= 15 is 0 Å². The number of urea groups is 1. The van der Waals surface area contributed by atoms with Gasteiger partial charge in [0.2, 0.25) is 11.1 Å². The summed E-state index contributed by atoms with van der Waals surface area (Å²) in [4.78, 5) is 66.6. The van der Waals surface area contributed by atoms with E-state index in [-0.39, 0.29) is 46.8 Å². The van der Waals surface area contributed by atoms with Crippen LogP contribution in [0.25, 0.3) is 6.08 Å². The van der Waals surface area contributed by atoms with Gasteiger partial charge in [-0.05, 0) is 33.2 Å². The molecule has 2 aromatic carbocycles. The molecule has 46 heavy (non-hydrogen) atoms. The van der Waals surface area contributed by atoms with Crippen molar-refractivity contribution < 1.29 is 58.6 Å². The number of aryl methyl sites for hydroxylation is 1. The Labute approximate surface area is 294 Å². The number of imide groups is 1. The minimum Gasteiger partial charge on any atom is -0.543 e. The second kappa shape index (κ2) is 15.6. The van der Waals surface area contributed by atoms with Crippen molar-refractivity contribution in [2.45, 2.75) is 22.6 Å². The summed E-state index contributed by atoms with van der Waals surface area (Å²) in [5, 5.41) is 28.3. The Balaban J connectivity index is 0.00000480. The number of benzene rings is 2. The van der Waals surface area contributed by atoms with Gasteiger partial charge in [0, 0.05) is 31.7 Å². The zero-order chi connectivity index (χ0) is 32.1. The van der Waals surface area contributed by atoms with Gasteiger partial charge in [0.25, 0.3) is 11.8 Å². The maximum Gasteiger partial charge on any atom is 1.00 e.